The van der Waals surface area contributed by atoms with Crippen molar-refractivity contribution in [1.82, 2.24) is 0 Å². The summed E-state index contributed by atoms with van der Waals surface area (Å²) >= 11 is 5.87. The SMILES string of the molecule is CC(C)(C)Cc1cccc(Cl)c1.Cc1ccc(CC(C)(C)C)cc1. The fourth-order valence-corrected chi connectivity index (χ4v) is 2.79. The van der Waals surface area contributed by atoms with E-state index < -0.39 is 0 Å². The van der Waals surface area contributed by atoms with E-state index in [0.29, 0.717) is 10.8 Å². The number of rotatable bonds is 2. The zero-order valence-corrected chi connectivity index (χ0v) is 17.2. The van der Waals surface area contributed by atoms with Crippen molar-refractivity contribution >= 4 is 11.6 Å². The second kappa shape index (κ2) is 8.72. The minimum Gasteiger partial charge on any atom is -0.0843 e. The maximum absolute atomic E-state index is 5.87. The van der Waals surface area contributed by atoms with Crippen LogP contribution < -0.4 is 0 Å². The van der Waals surface area contributed by atoms with Crippen molar-refractivity contribution < 1.29 is 0 Å². The Hall–Kier alpha value is -1.27. The van der Waals surface area contributed by atoms with E-state index in [2.05, 4.69) is 78.8 Å². The summed E-state index contributed by atoms with van der Waals surface area (Å²) in [4.78, 5) is 0. The van der Waals surface area contributed by atoms with Gasteiger partial charge in [-0.15, -0.1) is 0 Å². The summed E-state index contributed by atoms with van der Waals surface area (Å²) in [5.74, 6) is 0. The topological polar surface area (TPSA) is 0 Å². The fraction of sp³-hybridized carbons (Fsp3) is 0.478. The maximum Gasteiger partial charge on any atom is 0.0408 e. The minimum absolute atomic E-state index is 0.338. The molecule has 1 heteroatoms. The first-order chi connectivity index (χ1) is 10.9. The van der Waals surface area contributed by atoms with Crippen LogP contribution in [0.15, 0.2) is 48.5 Å². The Morgan fingerprint density at radius 2 is 1.21 bits per heavy atom. The van der Waals surface area contributed by atoms with Gasteiger partial charge in [-0.25, -0.2) is 0 Å². The number of hydrogen-bond acceptors (Lipinski definition) is 0. The van der Waals surface area contributed by atoms with E-state index in [1.807, 2.05) is 18.2 Å². The van der Waals surface area contributed by atoms with Gasteiger partial charge in [0.15, 0.2) is 0 Å². The summed E-state index contributed by atoms with van der Waals surface area (Å²) in [7, 11) is 0. The monoisotopic (exact) mass is 344 g/mol. The lowest BCUT2D eigenvalue weighted by molar-refractivity contribution is 0.411. The summed E-state index contributed by atoms with van der Waals surface area (Å²) < 4.78 is 0. The molecule has 0 aliphatic carbocycles. The van der Waals surface area contributed by atoms with E-state index >= 15 is 0 Å². The second-order valence-electron chi connectivity index (χ2n) is 9.09. The van der Waals surface area contributed by atoms with Crippen LogP contribution in [-0.4, -0.2) is 0 Å². The van der Waals surface area contributed by atoms with E-state index in [9.17, 15) is 0 Å². The van der Waals surface area contributed by atoms with Gasteiger partial charge in [-0.1, -0.05) is 95.1 Å². The van der Waals surface area contributed by atoms with E-state index in [4.69, 9.17) is 11.6 Å². The zero-order chi connectivity index (χ0) is 18.4. The lowest BCUT2D eigenvalue weighted by Crippen LogP contribution is -2.08. The van der Waals surface area contributed by atoms with Crippen molar-refractivity contribution in [3.05, 3.63) is 70.2 Å². The van der Waals surface area contributed by atoms with Crippen LogP contribution in [0.2, 0.25) is 5.02 Å². The summed E-state index contributed by atoms with van der Waals surface area (Å²) in [6.07, 6.45) is 2.24. The molecule has 0 atom stereocenters. The molecule has 0 saturated carbocycles. The van der Waals surface area contributed by atoms with Crippen molar-refractivity contribution in [1.29, 1.82) is 0 Å². The van der Waals surface area contributed by atoms with E-state index in [-0.39, 0.29) is 0 Å². The summed E-state index contributed by atoms with van der Waals surface area (Å²) in [6.45, 7) is 15.6. The highest BCUT2D eigenvalue weighted by atomic mass is 35.5. The van der Waals surface area contributed by atoms with Crippen LogP contribution in [0.25, 0.3) is 0 Å². The summed E-state index contributed by atoms with van der Waals surface area (Å²) in [6, 6.07) is 16.9. The lowest BCUT2D eigenvalue weighted by atomic mass is 9.88. The maximum atomic E-state index is 5.87. The van der Waals surface area contributed by atoms with E-state index in [1.165, 1.54) is 16.7 Å². The highest BCUT2D eigenvalue weighted by Crippen LogP contribution is 2.22. The molecule has 0 amide bonds. The van der Waals surface area contributed by atoms with Crippen LogP contribution in [-0.2, 0) is 12.8 Å². The third-order valence-corrected chi connectivity index (χ3v) is 3.71. The van der Waals surface area contributed by atoms with Crippen LogP contribution in [0.4, 0.5) is 0 Å². The van der Waals surface area contributed by atoms with Gasteiger partial charge in [0.25, 0.3) is 0 Å². The normalized spacial score (nSPS) is 11.7. The highest BCUT2D eigenvalue weighted by Gasteiger charge is 2.11. The molecule has 132 valence electrons. The third kappa shape index (κ3) is 9.78. The molecule has 0 aliphatic rings. The Kier molecular flexibility index (Phi) is 7.55. The zero-order valence-electron chi connectivity index (χ0n) is 16.4. The van der Waals surface area contributed by atoms with Crippen molar-refractivity contribution in [2.45, 2.75) is 61.3 Å². The molecule has 0 bridgehead atoms. The molecule has 2 rings (SSSR count). The molecule has 0 fully saturated rings. The average Bonchev–Trinajstić information content (AvgIpc) is 2.39. The lowest BCUT2D eigenvalue weighted by Gasteiger charge is -2.17. The molecule has 0 spiro atoms. The number of hydrogen-bond donors (Lipinski definition) is 0. The quantitative estimate of drug-likeness (QED) is 0.528. The molecule has 0 nitrogen and oxygen atoms in total. The molecule has 0 heterocycles. The van der Waals surface area contributed by atoms with Crippen LogP contribution in [0.1, 0.15) is 58.2 Å². The third-order valence-electron chi connectivity index (χ3n) is 3.48. The van der Waals surface area contributed by atoms with Crippen molar-refractivity contribution in [2.24, 2.45) is 10.8 Å². The fourth-order valence-electron chi connectivity index (χ4n) is 2.58. The van der Waals surface area contributed by atoms with Gasteiger partial charge in [0.1, 0.15) is 0 Å². The molecular formula is C23H33Cl. The Balaban J connectivity index is 0.000000240. The molecule has 2 aromatic carbocycles. The van der Waals surface area contributed by atoms with Gasteiger partial charge in [0, 0.05) is 5.02 Å². The summed E-state index contributed by atoms with van der Waals surface area (Å²) in [5, 5.41) is 0.830. The molecule has 0 N–H and O–H groups in total. The van der Waals surface area contributed by atoms with Gasteiger partial charge in [0.2, 0.25) is 0 Å². The number of halogens is 1. The van der Waals surface area contributed by atoms with Gasteiger partial charge >= 0.3 is 0 Å². The van der Waals surface area contributed by atoms with Crippen molar-refractivity contribution in [2.75, 3.05) is 0 Å². The van der Waals surface area contributed by atoms with Gasteiger partial charge in [0.05, 0.1) is 0 Å². The predicted molar refractivity (Wildman–Crippen MR) is 109 cm³/mol. The molecule has 0 radical (unpaired) electrons. The number of benzene rings is 2. The Morgan fingerprint density at radius 3 is 1.67 bits per heavy atom. The Labute approximate surface area is 154 Å². The average molecular weight is 345 g/mol. The van der Waals surface area contributed by atoms with E-state index in [0.717, 1.165) is 17.9 Å². The molecule has 2 aromatic rings. The van der Waals surface area contributed by atoms with E-state index in [1.54, 1.807) is 0 Å². The first-order valence-electron chi connectivity index (χ1n) is 8.75. The van der Waals surface area contributed by atoms with Gasteiger partial charge in [-0.2, -0.15) is 0 Å². The van der Waals surface area contributed by atoms with Crippen LogP contribution in [0, 0.1) is 17.8 Å². The number of aryl methyl sites for hydroxylation is 1. The highest BCUT2D eigenvalue weighted by molar-refractivity contribution is 6.30. The van der Waals surface area contributed by atoms with Gasteiger partial charge in [-0.05, 0) is 53.9 Å². The largest absolute Gasteiger partial charge is 0.0843 e. The Bertz CT molecular complexity index is 610. The first-order valence-corrected chi connectivity index (χ1v) is 9.12. The molecule has 24 heavy (non-hydrogen) atoms. The summed E-state index contributed by atoms with van der Waals surface area (Å²) in [5.41, 5.74) is 4.83. The second-order valence-corrected chi connectivity index (χ2v) is 9.53. The first kappa shape index (κ1) is 20.8. The molecular weight excluding hydrogens is 312 g/mol. The Morgan fingerprint density at radius 1 is 0.708 bits per heavy atom. The standard InChI is InChI=1S/C12H18.C11H15Cl/c1-10-5-7-11(8-6-10)9-12(2,3)4;1-11(2,3)8-9-5-4-6-10(12)7-9/h5-8H,9H2,1-4H3;4-7H,8H2,1-3H3. The van der Waals surface area contributed by atoms with Crippen LogP contribution >= 0.6 is 11.6 Å². The molecule has 0 aliphatic heterocycles. The minimum atomic E-state index is 0.338. The van der Waals surface area contributed by atoms with Gasteiger partial charge < -0.3 is 0 Å². The predicted octanol–water partition coefficient (Wildman–Crippen LogP) is 7.51. The van der Waals surface area contributed by atoms with Crippen molar-refractivity contribution in [3.8, 4) is 0 Å². The van der Waals surface area contributed by atoms with Crippen LogP contribution in [0.5, 0.6) is 0 Å². The molecule has 0 unspecified atom stereocenters. The smallest absolute Gasteiger partial charge is 0.0408 e. The molecule has 0 saturated heterocycles. The van der Waals surface area contributed by atoms with Gasteiger partial charge in [-0.3, -0.25) is 0 Å². The van der Waals surface area contributed by atoms with Crippen molar-refractivity contribution in [3.63, 3.8) is 0 Å². The van der Waals surface area contributed by atoms with Crippen LogP contribution in [0.3, 0.4) is 0 Å². The molecule has 0 aromatic heterocycles.